The second-order valence-electron chi connectivity index (χ2n) is 14.8. The van der Waals surface area contributed by atoms with Gasteiger partial charge in [-0.1, -0.05) is 45.0 Å². The summed E-state index contributed by atoms with van der Waals surface area (Å²) in [6.45, 7) is 10.5. The van der Waals surface area contributed by atoms with Gasteiger partial charge in [-0.05, 0) is 111 Å². The number of hydrogen-bond acceptors (Lipinski definition) is 5. The molecule has 230 valence electrons. The van der Waals surface area contributed by atoms with Crippen LogP contribution in [0.2, 0.25) is 0 Å². The maximum Gasteiger partial charge on any atom is 0.338 e. The minimum atomic E-state index is -0.825. The second-order valence-corrected chi connectivity index (χ2v) is 14.8. The molecule has 5 fully saturated rings. The topological polar surface area (TPSA) is 82.1 Å². The van der Waals surface area contributed by atoms with Crippen molar-refractivity contribution in [3.8, 4) is 0 Å². The number of carboxylic acids is 1. The molecule has 1 aliphatic heterocycles. The average Bonchev–Trinajstić information content (AvgIpc) is 3.58. The maximum atomic E-state index is 13.5. The van der Waals surface area contributed by atoms with Crippen molar-refractivity contribution in [2.75, 3.05) is 13.2 Å². The van der Waals surface area contributed by atoms with Crippen LogP contribution in [0.25, 0.3) is 0 Å². The summed E-state index contributed by atoms with van der Waals surface area (Å²) in [5.41, 5.74) is 1.48. The average molecular weight is 579 g/mol. The van der Waals surface area contributed by atoms with Crippen LogP contribution in [0.4, 0.5) is 0 Å². The van der Waals surface area contributed by atoms with E-state index in [2.05, 4.69) is 20.8 Å². The predicted molar refractivity (Wildman–Crippen MR) is 161 cm³/mol. The fourth-order valence-corrected chi connectivity index (χ4v) is 10.6. The summed E-state index contributed by atoms with van der Waals surface area (Å²) in [4.78, 5) is 24.8. The molecule has 1 aromatic rings. The number of benzene rings is 1. The van der Waals surface area contributed by atoms with Crippen molar-refractivity contribution in [1.29, 1.82) is 0 Å². The van der Waals surface area contributed by atoms with E-state index in [0.29, 0.717) is 59.9 Å². The standard InChI is InChI=1S/C36H50O6/c1-23(9-8-10-24(2)32(37)38)27-13-14-28-31-29(15-16-35(27,28)4)34(3)17-18-36(40-19-20-41-36)22-26(34)21-30(31)42-33(39)25-11-6-5-7-12-25/h5-7,10-12,23,26-31H,8-9,13-22H2,1-4H3,(H,37,38)/b24-10+/t23-,26+,27-,28?,29?,30-,31?,34+,35-/m1/s1. The highest BCUT2D eigenvalue weighted by Crippen LogP contribution is 2.69. The van der Waals surface area contributed by atoms with Crippen molar-refractivity contribution in [2.24, 2.45) is 46.3 Å². The van der Waals surface area contributed by atoms with Crippen LogP contribution in [-0.2, 0) is 19.0 Å². The van der Waals surface area contributed by atoms with E-state index in [9.17, 15) is 14.7 Å². The first-order chi connectivity index (χ1) is 20.1. The number of esters is 1. The number of hydrogen-bond donors (Lipinski definition) is 1. The molecule has 0 amide bonds. The molecule has 9 atom stereocenters. The SMILES string of the molecule is C/C(=C\CC[C@@H](C)[C@H]1CCC2C3C(CC[C@@]21C)[C@@]1(C)CCC2(C[C@@H]1C[C@H]3OC(=O)c1ccccc1)OCCO2)C(=O)O. The van der Waals surface area contributed by atoms with E-state index in [0.717, 1.165) is 38.5 Å². The largest absolute Gasteiger partial charge is 0.478 e. The maximum absolute atomic E-state index is 13.5. The Balaban J connectivity index is 1.27. The van der Waals surface area contributed by atoms with E-state index >= 15 is 0 Å². The van der Waals surface area contributed by atoms with Crippen molar-refractivity contribution < 1.29 is 28.9 Å². The number of fused-ring (bicyclic) bond motifs is 5. The number of allylic oxidation sites excluding steroid dienone is 1. The molecule has 3 unspecified atom stereocenters. The van der Waals surface area contributed by atoms with E-state index in [1.165, 1.54) is 25.7 Å². The van der Waals surface area contributed by atoms with Crippen LogP contribution in [-0.4, -0.2) is 42.1 Å². The lowest BCUT2D eigenvalue weighted by molar-refractivity contribution is -0.242. The Kier molecular flexibility index (Phi) is 8.10. The molecule has 0 aromatic heterocycles. The highest BCUT2D eigenvalue weighted by molar-refractivity contribution is 5.89. The van der Waals surface area contributed by atoms with Gasteiger partial charge < -0.3 is 19.3 Å². The molecular weight excluding hydrogens is 528 g/mol. The van der Waals surface area contributed by atoms with Gasteiger partial charge in [0.1, 0.15) is 6.10 Å². The lowest BCUT2D eigenvalue weighted by atomic mass is 9.43. The van der Waals surface area contributed by atoms with E-state index in [1.807, 2.05) is 36.4 Å². The number of carboxylic acid groups (broad SMARTS) is 1. The zero-order valence-corrected chi connectivity index (χ0v) is 26.0. The van der Waals surface area contributed by atoms with Gasteiger partial charge in [0.15, 0.2) is 5.79 Å². The molecule has 1 N–H and O–H groups in total. The van der Waals surface area contributed by atoms with Gasteiger partial charge in [-0.15, -0.1) is 0 Å². The Labute approximate surface area is 251 Å². The minimum Gasteiger partial charge on any atom is -0.478 e. The second kappa shape index (κ2) is 11.4. The molecule has 1 aromatic carbocycles. The summed E-state index contributed by atoms with van der Waals surface area (Å²) in [7, 11) is 0. The fraction of sp³-hybridized carbons (Fsp3) is 0.722. The molecular formula is C36H50O6. The van der Waals surface area contributed by atoms with Gasteiger partial charge in [0.25, 0.3) is 0 Å². The molecule has 0 radical (unpaired) electrons. The molecule has 4 saturated carbocycles. The summed E-state index contributed by atoms with van der Waals surface area (Å²) in [6.07, 6.45) is 12.3. The van der Waals surface area contributed by atoms with Crippen molar-refractivity contribution in [3.05, 3.63) is 47.5 Å². The molecule has 1 saturated heterocycles. The molecule has 6 nitrogen and oxygen atoms in total. The van der Waals surface area contributed by atoms with Gasteiger partial charge in [0.2, 0.25) is 0 Å². The zero-order chi connectivity index (χ0) is 29.7. The van der Waals surface area contributed by atoms with Gasteiger partial charge >= 0.3 is 11.9 Å². The first-order valence-corrected chi connectivity index (χ1v) is 16.5. The quantitative estimate of drug-likeness (QED) is 0.264. The van der Waals surface area contributed by atoms with Gasteiger partial charge in [-0.3, -0.25) is 0 Å². The van der Waals surface area contributed by atoms with Crippen LogP contribution < -0.4 is 0 Å². The third-order valence-electron chi connectivity index (χ3n) is 12.9. The van der Waals surface area contributed by atoms with Gasteiger partial charge in [0.05, 0.1) is 18.8 Å². The summed E-state index contributed by atoms with van der Waals surface area (Å²) in [6, 6.07) is 9.48. The first-order valence-electron chi connectivity index (χ1n) is 16.5. The number of carbonyl (C=O) groups is 2. The lowest BCUT2D eigenvalue weighted by Gasteiger charge is -2.63. The van der Waals surface area contributed by atoms with Crippen LogP contribution in [0.15, 0.2) is 42.0 Å². The summed E-state index contributed by atoms with van der Waals surface area (Å²) in [5, 5.41) is 9.27. The molecule has 4 aliphatic carbocycles. The number of aliphatic carboxylic acids is 1. The van der Waals surface area contributed by atoms with Crippen LogP contribution in [0, 0.1) is 46.3 Å². The van der Waals surface area contributed by atoms with E-state index in [1.54, 1.807) is 6.92 Å². The van der Waals surface area contributed by atoms with Crippen molar-refractivity contribution in [1.82, 2.24) is 0 Å². The van der Waals surface area contributed by atoms with Crippen molar-refractivity contribution >= 4 is 11.9 Å². The normalized spacial score (nSPS) is 39.7. The third-order valence-corrected chi connectivity index (χ3v) is 12.9. The minimum absolute atomic E-state index is 0.0998. The number of carbonyl (C=O) groups excluding carboxylic acids is 1. The number of rotatable bonds is 7. The molecule has 5 aliphatic rings. The summed E-state index contributed by atoms with van der Waals surface area (Å²) < 4.78 is 19.0. The van der Waals surface area contributed by atoms with Gasteiger partial charge in [-0.25, -0.2) is 9.59 Å². The number of ether oxygens (including phenoxy) is 3. The molecule has 42 heavy (non-hydrogen) atoms. The molecule has 1 heterocycles. The molecule has 6 rings (SSSR count). The highest BCUT2D eigenvalue weighted by Gasteiger charge is 2.65. The zero-order valence-electron chi connectivity index (χ0n) is 26.0. The van der Waals surface area contributed by atoms with Crippen LogP contribution in [0.3, 0.4) is 0 Å². The molecule has 6 heteroatoms. The van der Waals surface area contributed by atoms with E-state index < -0.39 is 11.8 Å². The monoisotopic (exact) mass is 578 g/mol. The van der Waals surface area contributed by atoms with Crippen LogP contribution in [0.5, 0.6) is 0 Å². The van der Waals surface area contributed by atoms with Gasteiger partial charge in [0, 0.05) is 24.3 Å². The van der Waals surface area contributed by atoms with Gasteiger partial charge in [-0.2, -0.15) is 0 Å². The highest BCUT2D eigenvalue weighted by atomic mass is 16.7. The Morgan fingerprint density at radius 1 is 1.02 bits per heavy atom. The Morgan fingerprint density at radius 3 is 2.45 bits per heavy atom. The fourth-order valence-electron chi connectivity index (χ4n) is 10.6. The predicted octanol–water partition coefficient (Wildman–Crippen LogP) is 7.67. The van der Waals surface area contributed by atoms with Crippen LogP contribution in [0.1, 0.15) is 102 Å². The first kappa shape index (κ1) is 29.9. The van der Waals surface area contributed by atoms with E-state index in [-0.39, 0.29) is 22.9 Å². The Hall–Kier alpha value is -2.18. The van der Waals surface area contributed by atoms with Crippen LogP contribution >= 0.6 is 0 Å². The lowest BCUT2D eigenvalue weighted by Crippen LogP contribution is -2.60. The molecule has 1 spiro atoms. The van der Waals surface area contributed by atoms with Crippen molar-refractivity contribution in [3.63, 3.8) is 0 Å². The molecule has 0 bridgehead atoms. The Morgan fingerprint density at radius 2 is 1.74 bits per heavy atom. The smallest absolute Gasteiger partial charge is 0.338 e. The summed E-state index contributed by atoms with van der Waals surface area (Å²) >= 11 is 0. The third kappa shape index (κ3) is 5.15. The Bertz CT molecular complexity index is 1190. The van der Waals surface area contributed by atoms with E-state index in [4.69, 9.17) is 14.2 Å². The summed E-state index contributed by atoms with van der Waals surface area (Å²) in [5.74, 6) is 1.48. The van der Waals surface area contributed by atoms with Crippen molar-refractivity contribution in [2.45, 2.75) is 104 Å².